The molecule has 6 heteroatoms. The summed E-state index contributed by atoms with van der Waals surface area (Å²) in [5.74, 6) is -0.170. The van der Waals surface area contributed by atoms with Crippen molar-refractivity contribution in [3.8, 4) is 0 Å². The lowest BCUT2D eigenvalue weighted by Gasteiger charge is -2.22. The van der Waals surface area contributed by atoms with E-state index in [1.165, 1.54) is 0 Å². The Morgan fingerprint density at radius 3 is 2.85 bits per heavy atom. The van der Waals surface area contributed by atoms with Crippen LogP contribution >= 0.6 is 0 Å². The van der Waals surface area contributed by atoms with Crippen molar-refractivity contribution in [1.82, 2.24) is 14.9 Å². The molecule has 1 N–H and O–H groups in total. The van der Waals surface area contributed by atoms with Crippen molar-refractivity contribution in [2.24, 2.45) is 0 Å². The van der Waals surface area contributed by atoms with Gasteiger partial charge in [0, 0.05) is 31.3 Å². The van der Waals surface area contributed by atoms with Crippen molar-refractivity contribution in [3.05, 3.63) is 23.3 Å². The number of likely N-dealkylation sites (tertiary alicyclic amines) is 1. The van der Waals surface area contributed by atoms with Crippen molar-refractivity contribution in [3.63, 3.8) is 0 Å². The lowest BCUT2D eigenvalue weighted by Crippen LogP contribution is -2.29. The van der Waals surface area contributed by atoms with Crippen molar-refractivity contribution >= 4 is 11.9 Å². The Labute approximate surface area is 117 Å². The molecule has 1 aliphatic rings. The van der Waals surface area contributed by atoms with Gasteiger partial charge in [0.15, 0.2) is 5.82 Å². The summed E-state index contributed by atoms with van der Waals surface area (Å²) in [6.45, 7) is 4.16. The first-order valence-corrected chi connectivity index (χ1v) is 6.81. The van der Waals surface area contributed by atoms with Gasteiger partial charge in [-0.1, -0.05) is 0 Å². The summed E-state index contributed by atoms with van der Waals surface area (Å²) < 4.78 is 0. The van der Waals surface area contributed by atoms with Gasteiger partial charge >= 0.3 is 5.97 Å². The number of carbonyl (C=O) groups is 2. The second kappa shape index (κ2) is 5.98. The maximum Gasteiger partial charge on any atom is 0.303 e. The fourth-order valence-corrected chi connectivity index (χ4v) is 2.58. The maximum absolute atomic E-state index is 11.6. The van der Waals surface area contributed by atoms with Crippen LogP contribution in [0.15, 0.2) is 6.07 Å². The van der Waals surface area contributed by atoms with E-state index in [0.29, 0.717) is 12.2 Å². The molecule has 1 aromatic rings. The molecule has 1 aromatic heterocycles. The van der Waals surface area contributed by atoms with Crippen LogP contribution in [0.25, 0.3) is 0 Å². The highest BCUT2D eigenvalue weighted by Gasteiger charge is 2.30. The lowest BCUT2D eigenvalue weighted by molar-refractivity contribution is -0.137. The molecule has 0 aliphatic carbocycles. The molecular formula is C14H19N3O3. The van der Waals surface area contributed by atoms with E-state index in [4.69, 9.17) is 5.11 Å². The van der Waals surface area contributed by atoms with Gasteiger partial charge < -0.3 is 10.0 Å². The highest BCUT2D eigenvalue weighted by atomic mass is 16.4. The van der Waals surface area contributed by atoms with E-state index < -0.39 is 5.97 Å². The summed E-state index contributed by atoms with van der Waals surface area (Å²) in [5, 5.41) is 8.74. The zero-order chi connectivity index (χ0) is 14.7. The normalized spacial score (nSPS) is 18.3. The van der Waals surface area contributed by atoms with Gasteiger partial charge in [-0.05, 0) is 25.8 Å². The van der Waals surface area contributed by atoms with Gasteiger partial charge in [0.05, 0.1) is 12.5 Å². The van der Waals surface area contributed by atoms with Crippen LogP contribution in [0.5, 0.6) is 0 Å². The number of rotatable bonds is 4. The quantitative estimate of drug-likeness (QED) is 0.901. The summed E-state index contributed by atoms with van der Waals surface area (Å²) in [7, 11) is 0. The fourth-order valence-electron chi connectivity index (χ4n) is 2.58. The predicted molar refractivity (Wildman–Crippen MR) is 72.1 cm³/mol. The van der Waals surface area contributed by atoms with Crippen LogP contribution in [-0.2, 0) is 16.0 Å². The van der Waals surface area contributed by atoms with E-state index in [0.717, 1.165) is 30.8 Å². The van der Waals surface area contributed by atoms with Crippen molar-refractivity contribution in [2.75, 3.05) is 6.54 Å². The minimum Gasteiger partial charge on any atom is -0.481 e. The highest BCUT2D eigenvalue weighted by Crippen LogP contribution is 2.30. The van der Waals surface area contributed by atoms with Gasteiger partial charge in [-0.15, -0.1) is 0 Å². The predicted octanol–water partition coefficient (Wildman–Crippen LogP) is 1.49. The largest absolute Gasteiger partial charge is 0.481 e. The summed E-state index contributed by atoms with van der Waals surface area (Å²) in [6, 6.07) is 1.73. The van der Waals surface area contributed by atoms with Crippen molar-refractivity contribution < 1.29 is 14.7 Å². The molecule has 1 atom stereocenters. The third-order valence-corrected chi connectivity index (χ3v) is 3.47. The Bertz CT molecular complexity index is 530. The maximum atomic E-state index is 11.6. The Balaban J connectivity index is 2.23. The molecule has 0 aromatic carbocycles. The third kappa shape index (κ3) is 3.31. The Morgan fingerprint density at radius 1 is 1.45 bits per heavy atom. The molecule has 6 nitrogen and oxygen atoms in total. The van der Waals surface area contributed by atoms with Gasteiger partial charge in [0.2, 0.25) is 5.91 Å². The molecule has 0 radical (unpaired) electrons. The fraction of sp³-hybridized carbons (Fsp3) is 0.571. The standard InChI is InChI=1S/C14H19N3O3/c1-9-8-11(5-6-13(19)20)16-14(15-9)12-4-3-7-17(12)10(2)18/h8,12H,3-7H2,1-2H3,(H,19,20)/t12-/m1/s1. The van der Waals surface area contributed by atoms with E-state index in [-0.39, 0.29) is 18.4 Å². The molecule has 2 heterocycles. The molecular weight excluding hydrogens is 258 g/mol. The van der Waals surface area contributed by atoms with E-state index in [2.05, 4.69) is 9.97 Å². The highest BCUT2D eigenvalue weighted by molar-refractivity contribution is 5.74. The molecule has 1 amide bonds. The summed E-state index contributed by atoms with van der Waals surface area (Å²) in [5.41, 5.74) is 1.54. The summed E-state index contributed by atoms with van der Waals surface area (Å²) in [4.78, 5) is 32.9. The molecule has 20 heavy (non-hydrogen) atoms. The second-order valence-corrected chi connectivity index (χ2v) is 5.12. The first-order valence-electron chi connectivity index (χ1n) is 6.81. The van der Waals surface area contributed by atoms with E-state index >= 15 is 0 Å². The number of carboxylic acid groups (broad SMARTS) is 1. The van der Waals surface area contributed by atoms with E-state index in [9.17, 15) is 9.59 Å². The smallest absolute Gasteiger partial charge is 0.303 e. The van der Waals surface area contributed by atoms with Crippen LogP contribution < -0.4 is 0 Å². The average Bonchev–Trinajstić information content (AvgIpc) is 2.85. The zero-order valence-electron chi connectivity index (χ0n) is 11.8. The van der Waals surface area contributed by atoms with Crippen LogP contribution in [0.4, 0.5) is 0 Å². The Kier molecular flexibility index (Phi) is 4.32. The molecule has 2 rings (SSSR count). The number of hydrogen-bond donors (Lipinski definition) is 1. The number of hydrogen-bond acceptors (Lipinski definition) is 4. The van der Waals surface area contributed by atoms with Crippen LogP contribution in [0, 0.1) is 6.92 Å². The molecule has 1 aliphatic heterocycles. The van der Waals surface area contributed by atoms with Gasteiger partial charge in [-0.2, -0.15) is 0 Å². The van der Waals surface area contributed by atoms with Crippen LogP contribution in [0.3, 0.4) is 0 Å². The topological polar surface area (TPSA) is 83.4 Å². The van der Waals surface area contributed by atoms with E-state index in [1.807, 2.05) is 6.92 Å². The zero-order valence-corrected chi connectivity index (χ0v) is 11.8. The third-order valence-electron chi connectivity index (χ3n) is 3.47. The molecule has 1 saturated heterocycles. The number of aromatic nitrogens is 2. The van der Waals surface area contributed by atoms with Gasteiger partial charge in [-0.25, -0.2) is 9.97 Å². The number of aliphatic carboxylic acids is 1. The number of carbonyl (C=O) groups excluding carboxylic acids is 1. The molecule has 1 fully saturated rings. The Morgan fingerprint density at radius 2 is 2.20 bits per heavy atom. The lowest BCUT2D eigenvalue weighted by atomic mass is 10.1. The first-order chi connectivity index (χ1) is 9.47. The minimum absolute atomic E-state index is 0.0321. The second-order valence-electron chi connectivity index (χ2n) is 5.12. The molecule has 0 spiro atoms. The SMILES string of the molecule is CC(=O)N1CCC[C@@H]1c1nc(C)cc(CCC(=O)O)n1. The minimum atomic E-state index is -0.839. The van der Waals surface area contributed by atoms with Crippen molar-refractivity contribution in [2.45, 2.75) is 45.6 Å². The average molecular weight is 277 g/mol. The molecule has 108 valence electrons. The van der Waals surface area contributed by atoms with Crippen molar-refractivity contribution in [1.29, 1.82) is 0 Å². The number of carboxylic acids is 1. The summed E-state index contributed by atoms with van der Waals surface area (Å²) >= 11 is 0. The number of amides is 1. The molecule has 0 bridgehead atoms. The Hall–Kier alpha value is -1.98. The summed E-state index contributed by atoms with van der Waals surface area (Å²) in [6.07, 6.45) is 2.25. The molecule has 0 unspecified atom stereocenters. The van der Waals surface area contributed by atoms with Gasteiger partial charge in [-0.3, -0.25) is 9.59 Å². The first kappa shape index (κ1) is 14.4. The van der Waals surface area contributed by atoms with Gasteiger partial charge in [0.25, 0.3) is 0 Å². The number of aryl methyl sites for hydroxylation is 2. The van der Waals surface area contributed by atoms with Gasteiger partial charge in [0.1, 0.15) is 0 Å². The monoisotopic (exact) mass is 277 g/mol. The van der Waals surface area contributed by atoms with Crippen LogP contribution in [0.2, 0.25) is 0 Å². The van der Waals surface area contributed by atoms with Crippen LogP contribution in [0.1, 0.15) is 49.4 Å². The number of nitrogens with zero attached hydrogens (tertiary/aromatic N) is 3. The van der Waals surface area contributed by atoms with E-state index in [1.54, 1.807) is 17.9 Å². The van der Waals surface area contributed by atoms with Crippen LogP contribution in [-0.4, -0.2) is 38.4 Å². The molecule has 0 saturated carbocycles.